The fourth-order valence-electron chi connectivity index (χ4n) is 3.93. The lowest BCUT2D eigenvalue weighted by atomic mass is 9.75. The lowest BCUT2D eigenvalue weighted by molar-refractivity contribution is 0.0817. The van der Waals surface area contributed by atoms with E-state index in [1.54, 1.807) is 0 Å². The molecule has 1 fully saturated rings. The molecule has 0 aliphatic heterocycles. The Labute approximate surface area is 137 Å². The largest absolute Gasteiger partial charge is 0.414 e. The fraction of sp³-hybridized carbons (Fsp3) is 0.400. The van der Waals surface area contributed by atoms with Crippen molar-refractivity contribution in [3.05, 3.63) is 71.8 Å². The second kappa shape index (κ2) is 7.25. The molecular formula is C20H26OSi. The summed E-state index contributed by atoms with van der Waals surface area (Å²) in [6.45, 7) is 0. The SMILES string of the molecule is [SiH3]OC(CC1CCCCC1)(c1ccccc1)c1ccccc1. The normalized spacial score (nSPS) is 16.7. The Morgan fingerprint density at radius 3 is 1.77 bits per heavy atom. The van der Waals surface area contributed by atoms with Gasteiger partial charge in [-0.3, -0.25) is 0 Å². The third kappa shape index (κ3) is 3.18. The summed E-state index contributed by atoms with van der Waals surface area (Å²) >= 11 is 0. The van der Waals surface area contributed by atoms with E-state index in [1.165, 1.54) is 43.2 Å². The molecule has 0 bridgehead atoms. The van der Waals surface area contributed by atoms with Crippen LogP contribution in [0.25, 0.3) is 0 Å². The predicted octanol–water partition coefficient (Wildman–Crippen LogP) is 4.20. The van der Waals surface area contributed by atoms with Crippen molar-refractivity contribution < 1.29 is 4.43 Å². The highest BCUT2D eigenvalue weighted by Gasteiger charge is 2.36. The van der Waals surface area contributed by atoms with Gasteiger partial charge in [0, 0.05) is 0 Å². The van der Waals surface area contributed by atoms with Crippen LogP contribution >= 0.6 is 0 Å². The van der Waals surface area contributed by atoms with E-state index in [0.29, 0.717) is 0 Å². The van der Waals surface area contributed by atoms with Crippen LogP contribution in [0.2, 0.25) is 0 Å². The van der Waals surface area contributed by atoms with E-state index in [4.69, 9.17) is 4.43 Å². The monoisotopic (exact) mass is 310 g/mol. The quantitative estimate of drug-likeness (QED) is 0.752. The third-order valence-corrected chi connectivity index (χ3v) is 5.83. The first-order valence-electron chi connectivity index (χ1n) is 8.51. The van der Waals surface area contributed by atoms with Crippen LogP contribution in [-0.2, 0) is 10.0 Å². The van der Waals surface area contributed by atoms with Crippen LogP contribution in [0.1, 0.15) is 49.7 Å². The van der Waals surface area contributed by atoms with Crippen LogP contribution < -0.4 is 0 Å². The van der Waals surface area contributed by atoms with Gasteiger partial charge in [-0.1, -0.05) is 92.8 Å². The summed E-state index contributed by atoms with van der Waals surface area (Å²) in [6.07, 6.45) is 7.99. The molecule has 116 valence electrons. The molecule has 3 rings (SSSR count). The molecule has 0 atom stereocenters. The van der Waals surface area contributed by atoms with Crippen LogP contribution in [0.15, 0.2) is 60.7 Å². The van der Waals surface area contributed by atoms with Crippen molar-refractivity contribution >= 4 is 10.5 Å². The molecule has 2 heteroatoms. The van der Waals surface area contributed by atoms with Crippen molar-refractivity contribution in [2.45, 2.75) is 44.1 Å². The summed E-state index contributed by atoms with van der Waals surface area (Å²) in [6, 6.07) is 21.6. The highest BCUT2D eigenvalue weighted by molar-refractivity contribution is 5.98. The first-order chi connectivity index (χ1) is 10.8. The van der Waals surface area contributed by atoms with Gasteiger partial charge in [-0.2, -0.15) is 0 Å². The molecule has 1 nitrogen and oxygen atoms in total. The van der Waals surface area contributed by atoms with Crippen LogP contribution in [0, 0.1) is 5.92 Å². The molecule has 1 aliphatic carbocycles. The Kier molecular flexibility index (Phi) is 5.11. The molecule has 0 N–H and O–H groups in total. The zero-order valence-corrected chi connectivity index (χ0v) is 15.5. The van der Waals surface area contributed by atoms with Crippen LogP contribution in [0.3, 0.4) is 0 Å². The summed E-state index contributed by atoms with van der Waals surface area (Å²) in [5.41, 5.74) is 2.36. The van der Waals surface area contributed by atoms with E-state index in [-0.39, 0.29) is 5.60 Å². The summed E-state index contributed by atoms with van der Waals surface area (Å²) in [5.74, 6) is 0.781. The molecule has 0 heterocycles. The molecule has 0 spiro atoms. The van der Waals surface area contributed by atoms with E-state index in [1.807, 2.05) is 0 Å². The highest BCUT2D eigenvalue weighted by Crippen LogP contribution is 2.42. The Morgan fingerprint density at radius 2 is 1.32 bits per heavy atom. The number of hydrogen-bond acceptors (Lipinski definition) is 1. The fourth-order valence-corrected chi connectivity index (χ4v) is 4.57. The average molecular weight is 311 g/mol. The maximum atomic E-state index is 6.35. The van der Waals surface area contributed by atoms with E-state index in [9.17, 15) is 0 Å². The Balaban J connectivity index is 2.00. The first-order valence-corrected chi connectivity index (χ1v) is 9.33. The molecule has 0 saturated heterocycles. The topological polar surface area (TPSA) is 9.23 Å². The maximum absolute atomic E-state index is 6.35. The minimum Gasteiger partial charge on any atom is -0.414 e. The van der Waals surface area contributed by atoms with E-state index < -0.39 is 0 Å². The van der Waals surface area contributed by atoms with Gasteiger partial charge in [0.25, 0.3) is 0 Å². The van der Waals surface area contributed by atoms with Crippen molar-refractivity contribution in [1.29, 1.82) is 0 Å². The maximum Gasteiger partial charge on any atom is 0.147 e. The first kappa shape index (κ1) is 15.5. The molecule has 2 aromatic rings. The summed E-state index contributed by atoms with van der Waals surface area (Å²) < 4.78 is 6.35. The summed E-state index contributed by atoms with van der Waals surface area (Å²) in [5, 5.41) is 0. The van der Waals surface area contributed by atoms with Crippen LogP contribution in [0.4, 0.5) is 0 Å². The molecule has 1 saturated carbocycles. The molecular weight excluding hydrogens is 284 g/mol. The van der Waals surface area contributed by atoms with Crippen molar-refractivity contribution in [3.8, 4) is 0 Å². The molecule has 0 radical (unpaired) electrons. The minimum absolute atomic E-state index is 0.253. The highest BCUT2D eigenvalue weighted by atomic mass is 28.2. The summed E-state index contributed by atoms with van der Waals surface area (Å²) in [4.78, 5) is 0. The lowest BCUT2D eigenvalue weighted by Gasteiger charge is -2.38. The van der Waals surface area contributed by atoms with Gasteiger partial charge in [0.05, 0.1) is 0 Å². The average Bonchev–Trinajstić information content (AvgIpc) is 2.62. The molecule has 0 aromatic heterocycles. The van der Waals surface area contributed by atoms with Gasteiger partial charge in [0.2, 0.25) is 0 Å². The number of benzene rings is 2. The van der Waals surface area contributed by atoms with E-state index >= 15 is 0 Å². The van der Waals surface area contributed by atoms with Crippen molar-refractivity contribution in [1.82, 2.24) is 0 Å². The number of hydrogen-bond donors (Lipinski definition) is 0. The molecule has 0 unspecified atom stereocenters. The van der Waals surface area contributed by atoms with E-state index in [0.717, 1.165) is 22.8 Å². The molecule has 22 heavy (non-hydrogen) atoms. The van der Waals surface area contributed by atoms with E-state index in [2.05, 4.69) is 60.7 Å². The van der Waals surface area contributed by atoms with Crippen LogP contribution in [0.5, 0.6) is 0 Å². The minimum atomic E-state index is -0.253. The van der Waals surface area contributed by atoms with Crippen molar-refractivity contribution in [3.63, 3.8) is 0 Å². The predicted molar refractivity (Wildman–Crippen MR) is 95.9 cm³/mol. The van der Waals surface area contributed by atoms with Crippen LogP contribution in [-0.4, -0.2) is 10.5 Å². The van der Waals surface area contributed by atoms with Gasteiger partial charge in [-0.15, -0.1) is 0 Å². The zero-order valence-electron chi connectivity index (χ0n) is 13.5. The number of rotatable bonds is 5. The van der Waals surface area contributed by atoms with Gasteiger partial charge in [0.15, 0.2) is 0 Å². The molecule has 2 aromatic carbocycles. The van der Waals surface area contributed by atoms with Gasteiger partial charge in [0.1, 0.15) is 16.1 Å². The second-order valence-electron chi connectivity index (χ2n) is 6.47. The van der Waals surface area contributed by atoms with Gasteiger partial charge < -0.3 is 4.43 Å². The smallest absolute Gasteiger partial charge is 0.147 e. The van der Waals surface area contributed by atoms with Gasteiger partial charge in [-0.25, -0.2) is 0 Å². The van der Waals surface area contributed by atoms with Crippen molar-refractivity contribution in [2.24, 2.45) is 5.92 Å². The van der Waals surface area contributed by atoms with Crippen molar-refractivity contribution in [2.75, 3.05) is 0 Å². The third-order valence-electron chi connectivity index (χ3n) is 5.13. The summed E-state index contributed by atoms with van der Waals surface area (Å²) in [7, 11) is 0.746. The molecule has 1 aliphatic rings. The Bertz CT molecular complexity index is 521. The standard InChI is InChI=1S/C20H26OSi/c22-21-20(18-12-6-2-7-13-18,19-14-8-3-9-15-19)16-17-10-4-1-5-11-17/h2-3,6-9,12-15,17H,1,4-5,10-11,16H2,22H3. The Morgan fingerprint density at radius 1 is 0.818 bits per heavy atom. The Hall–Kier alpha value is -1.38. The zero-order chi connectivity index (χ0) is 15.3. The molecule has 0 amide bonds. The van der Waals surface area contributed by atoms with Gasteiger partial charge >= 0.3 is 0 Å². The second-order valence-corrected chi connectivity index (χ2v) is 6.88. The lowest BCUT2D eigenvalue weighted by Crippen LogP contribution is -2.33. The van der Waals surface area contributed by atoms with Gasteiger partial charge in [-0.05, 0) is 23.5 Å².